The Labute approximate surface area is 181 Å². The van der Waals surface area contributed by atoms with Gasteiger partial charge in [0, 0.05) is 23.1 Å². The fraction of sp³-hybridized carbons (Fsp3) is 0.292. The summed E-state index contributed by atoms with van der Waals surface area (Å²) in [6.45, 7) is 4.68. The summed E-state index contributed by atoms with van der Waals surface area (Å²) in [6.07, 6.45) is 7.53. The Balaban J connectivity index is 1.59. The lowest BCUT2D eigenvalue weighted by Gasteiger charge is -2.29. The smallest absolute Gasteiger partial charge is 0.257 e. The van der Waals surface area contributed by atoms with Crippen molar-refractivity contribution in [2.24, 2.45) is 5.41 Å². The summed E-state index contributed by atoms with van der Waals surface area (Å²) < 4.78 is 1.86. The molecule has 0 N–H and O–H groups in total. The molecule has 0 unspecified atom stereocenters. The van der Waals surface area contributed by atoms with Crippen molar-refractivity contribution in [1.82, 2.24) is 19.6 Å². The summed E-state index contributed by atoms with van der Waals surface area (Å²) in [5.41, 5.74) is 5.14. The second-order valence-electron chi connectivity index (χ2n) is 8.80. The molecule has 0 atom stereocenters. The molecule has 0 radical (unpaired) electrons. The molecular weight excluding hydrogens is 394 g/mol. The van der Waals surface area contributed by atoms with Crippen LogP contribution in [0.1, 0.15) is 38.7 Å². The molecule has 2 aromatic heterocycles. The molecule has 0 saturated carbocycles. The zero-order chi connectivity index (χ0) is 20.9. The summed E-state index contributed by atoms with van der Waals surface area (Å²) in [5, 5.41) is 9.86. The van der Waals surface area contributed by atoms with Crippen molar-refractivity contribution in [1.29, 1.82) is 0 Å². The molecule has 4 aromatic rings. The number of hydrogen-bond acceptors (Lipinski definition) is 4. The van der Waals surface area contributed by atoms with Gasteiger partial charge in [-0.2, -0.15) is 4.98 Å². The number of rotatable bonds is 3. The van der Waals surface area contributed by atoms with Crippen molar-refractivity contribution in [3.63, 3.8) is 0 Å². The minimum atomic E-state index is 0.398. The molecule has 0 saturated heterocycles. The predicted molar refractivity (Wildman–Crippen MR) is 123 cm³/mol. The van der Waals surface area contributed by atoms with Gasteiger partial charge in [0.25, 0.3) is 5.78 Å². The van der Waals surface area contributed by atoms with Crippen molar-refractivity contribution in [2.75, 3.05) is 11.9 Å². The van der Waals surface area contributed by atoms with Crippen LogP contribution in [0.2, 0.25) is 5.02 Å². The van der Waals surface area contributed by atoms with E-state index in [2.05, 4.69) is 59.3 Å². The number of halogens is 1. The molecule has 6 heteroatoms. The molecule has 0 aliphatic heterocycles. The van der Waals surface area contributed by atoms with Crippen LogP contribution in [-0.4, -0.2) is 26.6 Å². The number of aromatic nitrogens is 4. The van der Waals surface area contributed by atoms with Gasteiger partial charge in [-0.25, -0.2) is 0 Å². The third-order valence-corrected chi connectivity index (χ3v) is 6.33. The molecule has 5 rings (SSSR count). The number of benzene rings is 2. The van der Waals surface area contributed by atoms with E-state index in [1.807, 2.05) is 29.6 Å². The molecule has 0 spiro atoms. The van der Waals surface area contributed by atoms with Crippen LogP contribution >= 0.6 is 11.6 Å². The van der Waals surface area contributed by atoms with E-state index in [-0.39, 0.29) is 0 Å². The van der Waals surface area contributed by atoms with Crippen LogP contribution in [0.25, 0.3) is 22.3 Å². The molecule has 1 aliphatic rings. The SMILES string of the molecule is CN(c1cccc(C2=CCC(C)(C)CC2)c1)c1nc2nncn2c2cc(Cl)ccc12. The maximum Gasteiger partial charge on any atom is 0.257 e. The predicted octanol–water partition coefficient (Wildman–Crippen LogP) is 6.29. The van der Waals surface area contributed by atoms with Crippen molar-refractivity contribution in [3.05, 3.63) is 65.5 Å². The van der Waals surface area contributed by atoms with E-state index in [1.165, 1.54) is 17.6 Å². The van der Waals surface area contributed by atoms with E-state index in [0.717, 1.165) is 35.2 Å². The number of allylic oxidation sites excluding steroid dienone is 2. The minimum absolute atomic E-state index is 0.398. The van der Waals surface area contributed by atoms with E-state index in [1.54, 1.807) is 6.33 Å². The van der Waals surface area contributed by atoms with Gasteiger partial charge in [-0.05, 0) is 66.1 Å². The Kier molecular flexibility index (Phi) is 4.51. The number of nitrogens with zero attached hydrogens (tertiary/aromatic N) is 5. The Morgan fingerprint density at radius 2 is 2.00 bits per heavy atom. The van der Waals surface area contributed by atoms with Crippen LogP contribution in [-0.2, 0) is 0 Å². The van der Waals surface area contributed by atoms with E-state index < -0.39 is 0 Å². The summed E-state index contributed by atoms with van der Waals surface area (Å²) in [4.78, 5) is 6.90. The summed E-state index contributed by atoms with van der Waals surface area (Å²) in [5.74, 6) is 1.39. The molecule has 0 amide bonds. The zero-order valence-corrected chi connectivity index (χ0v) is 18.2. The highest BCUT2D eigenvalue weighted by Gasteiger charge is 2.22. The van der Waals surface area contributed by atoms with Crippen molar-refractivity contribution >= 4 is 45.4 Å². The first-order valence-electron chi connectivity index (χ1n) is 10.2. The van der Waals surface area contributed by atoms with Crippen LogP contribution < -0.4 is 4.90 Å². The van der Waals surface area contributed by atoms with Gasteiger partial charge in [-0.1, -0.05) is 43.7 Å². The van der Waals surface area contributed by atoms with Gasteiger partial charge in [0.05, 0.1) is 5.52 Å². The van der Waals surface area contributed by atoms with E-state index >= 15 is 0 Å². The first-order chi connectivity index (χ1) is 14.4. The summed E-state index contributed by atoms with van der Waals surface area (Å²) >= 11 is 6.27. The van der Waals surface area contributed by atoms with E-state index in [0.29, 0.717) is 16.2 Å². The first kappa shape index (κ1) is 19.1. The molecule has 0 fully saturated rings. The molecule has 1 aliphatic carbocycles. The van der Waals surface area contributed by atoms with Gasteiger partial charge in [-0.3, -0.25) is 4.40 Å². The highest BCUT2D eigenvalue weighted by atomic mass is 35.5. The second-order valence-corrected chi connectivity index (χ2v) is 9.24. The lowest BCUT2D eigenvalue weighted by atomic mass is 9.77. The molecule has 2 aromatic carbocycles. The van der Waals surface area contributed by atoms with Crippen molar-refractivity contribution < 1.29 is 0 Å². The Morgan fingerprint density at radius 3 is 2.80 bits per heavy atom. The van der Waals surface area contributed by atoms with Crippen molar-refractivity contribution in [3.8, 4) is 0 Å². The maximum atomic E-state index is 6.27. The third kappa shape index (κ3) is 3.33. The highest BCUT2D eigenvalue weighted by molar-refractivity contribution is 6.31. The molecular formula is C24H24ClN5. The van der Waals surface area contributed by atoms with Crippen LogP contribution in [0.15, 0.2) is 54.9 Å². The standard InChI is InChI=1S/C24H24ClN5/c1-24(2)11-9-16(10-12-24)17-5-4-6-19(13-17)29(3)22-20-8-7-18(25)14-21(20)30-15-26-28-23(30)27-22/h4-9,13-15H,10-12H2,1-3H3. The third-order valence-electron chi connectivity index (χ3n) is 6.09. The zero-order valence-electron chi connectivity index (χ0n) is 17.4. The fourth-order valence-electron chi connectivity index (χ4n) is 4.15. The van der Waals surface area contributed by atoms with Gasteiger partial charge in [-0.15, -0.1) is 10.2 Å². The van der Waals surface area contributed by atoms with Crippen molar-refractivity contribution in [2.45, 2.75) is 33.1 Å². The van der Waals surface area contributed by atoms with Crippen LogP contribution in [0, 0.1) is 5.41 Å². The van der Waals surface area contributed by atoms with Gasteiger partial charge in [0.15, 0.2) is 0 Å². The second kappa shape index (κ2) is 7.10. The van der Waals surface area contributed by atoms with Gasteiger partial charge in [0.1, 0.15) is 12.1 Å². The topological polar surface area (TPSA) is 46.3 Å². The number of anilines is 2. The Bertz CT molecular complexity index is 1290. The minimum Gasteiger partial charge on any atom is -0.329 e. The molecule has 2 heterocycles. The molecule has 5 nitrogen and oxygen atoms in total. The van der Waals surface area contributed by atoms with E-state index in [4.69, 9.17) is 16.6 Å². The average molecular weight is 418 g/mol. The first-order valence-corrected chi connectivity index (χ1v) is 10.6. The number of hydrogen-bond donors (Lipinski definition) is 0. The summed E-state index contributed by atoms with van der Waals surface area (Å²) in [7, 11) is 2.04. The maximum absolute atomic E-state index is 6.27. The Morgan fingerprint density at radius 1 is 1.13 bits per heavy atom. The molecule has 30 heavy (non-hydrogen) atoms. The van der Waals surface area contributed by atoms with Crippen LogP contribution in [0.4, 0.5) is 11.5 Å². The normalized spacial score (nSPS) is 16.1. The molecule has 0 bridgehead atoms. The summed E-state index contributed by atoms with van der Waals surface area (Å²) in [6, 6.07) is 14.5. The van der Waals surface area contributed by atoms with Crippen LogP contribution in [0.5, 0.6) is 0 Å². The van der Waals surface area contributed by atoms with Gasteiger partial charge >= 0.3 is 0 Å². The molecule has 152 valence electrons. The highest BCUT2D eigenvalue weighted by Crippen LogP contribution is 2.39. The Hall–Kier alpha value is -2.92. The largest absolute Gasteiger partial charge is 0.329 e. The van der Waals surface area contributed by atoms with Gasteiger partial charge < -0.3 is 4.90 Å². The fourth-order valence-corrected chi connectivity index (χ4v) is 4.32. The monoisotopic (exact) mass is 417 g/mol. The lowest BCUT2D eigenvalue weighted by Crippen LogP contribution is -2.15. The lowest BCUT2D eigenvalue weighted by molar-refractivity contribution is 0.335. The number of fused-ring (bicyclic) bond motifs is 3. The van der Waals surface area contributed by atoms with Gasteiger partial charge in [0.2, 0.25) is 0 Å². The van der Waals surface area contributed by atoms with E-state index in [9.17, 15) is 0 Å². The average Bonchev–Trinajstić information content (AvgIpc) is 3.21. The quantitative estimate of drug-likeness (QED) is 0.392. The van der Waals surface area contributed by atoms with Crippen LogP contribution in [0.3, 0.4) is 0 Å².